The van der Waals surface area contributed by atoms with Gasteiger partial charge in [0, 0.05) is 28.6 Å². The molecule has 4 nitrogen and oxygen atoms in total. The van der Waals surface area contributed by atoms with E-state index >= 15 is 0 Å². The van der Waals surface area contributed by atoms with E-state index in [1.807, 2.05) is 12.1 Å². The van der Waals surface area contributed by atoms with E-state index in [0.29, 0.717) is 22.2 Å². The van der Waals surface area contributed by atoms with Gasteiger partial charge in [0.2, 0.25) is 0 Å². The van der Waals surface area contributed by atoms with Crippen molar-refractivity contribution in [2.45, 2.75) is 12.5 Å². The highest BCUT2D eigenvalue weighted by atomic mass is 35.5. The van der Waals surface area contributed by atoms with Gasteiger partial charge in [0.05, 0.1) is 5.71 Å². The van der Waals surface area contributed by atoms with Gasteiger partial charge in [0.25, 0.3) is 0 Å². The fraction of sp³-hybridized carbons (Fsp3) is 0.176. The lowest BCUT2D eigenvalue weighted by Gasteiger charge is -2.22. The third-order valence-electron chi connectivity index (χ3n) is 3.76. The van der Waals surface area contributed by atoms with Gasteiger partial charge < -0.3 is 9.90 Å². The predicted molar refractivity (Wildman–Crippen MR) is 91.2 cm³/mol. The van der Waals surface area contributed by atoms with Gasteiger partial charge in [-0.15, -0.1) is 0 Å². The summed E-state index contributed by atoms with van der Waals surface area (Å²) >= 11 is 12.1. The first kappa shape index (κ1) is 15.8. The molecule has 2 aromatic carbocycles. The first-order chi connectivity index (χ1) is 11.1. The Balaban J connectivity index is 1.88. The van der Waals surface area contributed by atoms with Crippen LogP contribution in [0.15, 0.2) is 47.6 Å². The van der Waals surface area contributed by atoms with E-state index in [-0.39, 0.29) is 5.75 Å². The highest BCUT2D eigenvalue weighted by Crippen LogP contribution is 2.31. The molecule has 0 spiro atoms. The van der Waals surface area contributed by atoms with Crippen molar-refractivity contribution >= 4 is 35.2 Å². The van der Waals surface area contributed by atoms with Gasteiger partial charge in [-0.1, -0.05) is 29.3 Å². The molecule has 0 fully saturated rings. The Kier molecular flexibility index (Phi) is 4.55. The van der Waals surface area contributed by atoms with Crippen LogP contribution in [0.4, 0.5) is 0 Å². The molecule has 1 atom stereocenters. The third-order valence-corrected chi connectivity index (χ3v) is 4.32. The van der Waals surface area contributed by atoms with Crippen LogP contribution in [0.2, 0.25) is 10.0 Å². The number of phenols is 1. The Morgan fingerprint density at radius 2 is 1.91 bits per heavy atom. The maximum absolute atomic E-state index is 11.6. The standard InChI is InChI=1S/C17H14Cl2N2O2/c18-12-3-6-14(15(19)9-12)17(10-22)21-8-7-16(20-21)11-1-4-13(23)5-2-11/h1-6,9-10,17,23H,7-8H2. The van der Waals surface area contributed by atoms with Crippen LogP contribution in [-0.4, -0.2) is 28.7 Å². The second kappa shape index (κ2) is 6.60. The number of carbonyl (C=O) groups excluding carboxylic acids is 1. The average molecular weight is 349 g/mol. The van der Waals surface area contributed by atoms with Crippen LogP contribution in [0.3, 0.4) is 0 Å². The van der Waals surface area contributed by atoms with Crippen molar-refractivity contribution in [1.29, 1.82) is 0 Å². The molecule has 2 aromatic rings. The summed E-state index contributed by atoms with van der Waals surface area (Å²) in [5, 5.41) is 16.6. The van der Waals surface area contributed by atoms with Gasteiger partial charge in [-0.25, -0.2) is 0 Å². The zero-order chi connectivity index (χ0) is 16.4. The van der Waals surface area contributed by atoms with Gasteiger partial charge in [-0.2, -0.15) is 5.10 Å². The predicted octanol–water partition coefficient (Wildman–Crippen LogP) is 4.05. The van der Waals surface area contributed by atoms with Crippen molar-refractivity contribution in [2.75, 3.05) is 6.54 Å². The van der Waals surface area contributed by atoms with Crippen LogP contribution in [0.5, 0.6) is 5.75 Å². The van der Waals surface area contributed by atoms with Crippen molar-refractivity contribution in [3.05, 3.63) is 63.6 Å². The number of phenolic OH excluding ortho intramolecular Hbond substituents is 1. The fourth-order valence-electron chi connectivity index (χ4n) is 2.58. The minimum absolute atomic E-state index is 0.211. The summed E-state index contributed by atoms with van der Waals surface area (Å²) < 4.78 is 0. The summed E-state index contributed by atoms with van der Waals surface area (Å²) in [6.45, 7) is 0.624. The molecule has 1 heterocycles. The van der Waals surface area contributed by atoms with Gasteiger partial charge in [-0.3, -0.25) is 5.01 Å². The fourth-order valence-corrected chi connectivity index (χ4v) is 3.10. The Morgan fingerprint density at radius 1 is 1.17 bits per heavy atom. The van der Waals surface area contributed by atoms with E-state index in [4.69, 9.17) is 23.2 Å². The second-order valence-electron chi connectivity index (χ2n) is 5.25. The molecule has 1 aliphatic heterocycles. The number of aromatic hydroxyl groups is 1. The first-order valence-electron chi connectivity index (χ1n) is 7.12. The van der Waals surface area contributed by atoms with Crippen LogP contribution in [0.25, 0.3) is 0 Å². The molecule has 1 N–H and O–H groups in total. The molecule has 1 unspecified atom stereocenters. The molecule has 0 bridgehead atoms. The van der Waals surface area contributed by atoms with Gasteiger partial charge >= 0.3 is 0 Å². The number of aldehydes is 1. The molecule has 3 rings (SSSR count). The molecule has 23 heavy (non-hydrogen) atoms. The maximum Gasteiger partial charge on any atom is 0.148 e. The van der Waals surface area contributed by atoms with Crippen molar-refractivity contribution in [3.63, 3.8) is 0 Å². The second-order valence-corrected chi connectivity index (χ2v) is 6.10. The first-order valence-corrected chi connectivity index (χ1v) is 7.88. The Hall–Kier alpha value is -2.04. The van der Waals surface area contributed by atoms with Crippen LogP contribution < -0.4 is 0 Å². The van der Waals surface area contributed by atoms with Gasteiger partial charge in [0.15, 0.2) is 0 Å². The highest BCUT2D eigenvalue weighted by molar-refractivity contribution is 6.35. The van der Waals surface area contributed by atoms with E-state index in [2.05, 4.69) is 5.10 Å². The quantitative estimate of drug-likeness (QED) is 0.848. The summed E-state index contributed by atoms with van der Waals surface area (Å²) in [4.78, 5) is 11.6. The van der Waals surface area contributed by atoms with Crippen molar-refractivity contribution in [3.8, 4) is 5.75 Å². The largest absolute Gasteiger partial charge is 0.508 e. The zero-order valence-electron chi connectivity index (χ0n) is 12.1. The van der Waals surface area contributed by atoms with Gasteiger partial charge in [0.1, 0.15) is 18.1 Å². The molecule has 0 saturated carbocycles. The lowest BCUT2D eigenvalue weighted by Crippen LogP contribution is -2.23. The highest BCUT2D eigenvalue weighted by Gasteiger charge is 2.26. The number of hydrogen-bond acceptors (Lipinski definition) is 4. The van der Waals surface area contributed by atoms with Crippen LogP contribution in [0.1, 0.15) is 23.6 Å². The summed E-state index contributed by atoms with van der Waals surface area (Å²) in [7, 11) is 0. The maximum atomic E-state index is 11.6. The van der Waals surface area contributed by atoms with Gasteiger partial charge in [-0.05, 0) is 42.0 Å². The molecular formula is C17H14Cl2N2O2. The number of hydrazone groups is 1. The van der Waals surface area contributed by atoms with Crippen molar-refractivity contribution < 1.29 is 9.90 Å². The number of benzene rings is 2. The van der Waals surface area contributed by atoms with Crippen LogP contribution >= 0.6 is 23.2 Å². The number of halogens is 2. The zero-order valence-corrected chi connectivity index (χ0v) is 13.6. The van der Waals surface area contributed by atoms with E-state index in [0.717, 1.165) is 24.0 Å². The number of rotatable bonds is 4. The molecule has 0 radical (unpaired) electrons. The number of hydrogen-bond donors (Lipinski definition) is 1. The lowest BCUT2D eigenvalue weighted by atomic mass is 10.1. The van der Waals surface area contributed by atoms with E-state index in [9.17, 15) is 9.90 Å². The summed E-state index contributed by atoms with van der Waals surface area (Å²) in [5.74, 6) is 0.211. The smallest absolute Gasteiger partial charge is 0.148 e. The Morgan fingerprint density at radius 3 is 2.57 bits per heavy atom. The SMILES string of the molecule is O=CC(c1ccc(Cl)cc1Cl)N1CCC(c2ccc(O)cc2)=N1. The van der Waals surface area contributed by atoms with Crippen LogP contribution in [-0.2, 0) is 4.79 Å². The molecule has 118 valence electrons. The summed E-state index contributed by atoms with van der Waals surface area (Å²) in [6, 6.07) is 11.4. The third kappa shape index (κ3) is 3.33. The summed E-state index contributed by atoms with van der Waals surface area (Å²) in [6.07, 6.45) is 1.55. The normalized spacial score (nSPS) is 15.4. The van der Waals surface area contributed by atoms with E-state index in [1.54, 1.807) is 35.3 Å². The summed E-state index contributed by atoms with van der Waals surface area (Å²) in [5.41, 5.74) is 2.49. The minimum atomic E-state index is -0.547. The number of nitrogens with zero attached hydrogens (tertiary/aromatic N) is 2. The monoisotopic (exact) mass is 348 g/mol. The molecule has 0 aliphatic carbocycles. The van der Waals surface area contributed by atoms with Crippen molar-refractivity contribution in [2.24, 2.45) is 5.10 Å². The number of carbonyl (C=O) groups is 1. The van der Waals surface area contributed by atoms with Crippen LogP contribution in [0, 0.1) is 0 Å². The van der Waals surface area contributed by atoms with E-state index < -0.39 is 6.04 Å². The molecule has 0 saturated heterocycles. The molecule has 1 aliphatic rings. The topological polar surface area (TPSA) is 52.9 Å². The van der Waals surface area contributed by atoms with Crippen molar-refractivity contribution in [1.82, 2.24) is 5.01 Å². The molecule has 0 amide bonds. The minimum Gasteiger partial charge on any atom is -0.508 e. The Bertz CT molecular complexity index is 760. The molecule has 6 heteroatoms. The van der Waals surface area contributed by atoms with E-state index in [1.165, 1.54) is 0 Å². The lowest BCUT2D eigenvalue weighted by molar-refractivity contribution is -0.112. The molecular weight excluding hydrogens is 335 g/mol. The molecule has 0 aromatic heterocycles. The average Bonchev–Trinajstić information content (AvgIpc) is 3.00. The Labute approximate surface area is 143 Å².